The van der Waals surface area contributed by atoms with Crippen molar-refractivity contribution in [2.45, 2.75) is 113 Å². The summed E-state index contributed by atoms with van der Waals surface area (Å²) in [5.74, 6) is -0.534. The number of carboxylic acid groups (broad SMARTS) is 1. The number of halogens is 1. The summed E-state index contributed by atoms with van der Waals surface area (Å²) >= 11 is 6.55. The molecular formula is C47H56ClN5O10S. The molecule has 1 saturated heterocycles. The molecule has 15 nitrogen and oxygen atoms in total. The van der Waals surface area contributed by atoms with Crippen LogP contribution in [0.5, 0.6) is 17.4 Å². The summed E-state index contributed by atoms with van der Waals surface area (Å²) in [7, 11) is -0.849. The highest BCUT2D eigenvalue weighted by molar-refractivity contribution is 7.91. The molecule has 0 bridgehead atoms. The topological polar surface area (TPSA) is 194 Å². The first-order chi connectivity index (χ1) is 30.6. The van der Waals surface area contributed by atoms with Gasteiger partial charge in [0.25, 0.3) is 5.91 Å². The van der Waals surface area contributed by atoms with Crippen molar-refractivity contribution in [3.05, 3.63) is 59.6 Å². The fourth-order valence-corrected chi connectivity index (χ4v) is 12.3. The molecule has 4 saturated carbocycles. The molecule has 4 aliphatic carbocycles. The zero-order valence-electron chi connectivity index (χ0n) is 36.5. The third kappa shape index (κ3) is 8.59. The van der Waals surface area contributed by atoms with Gasteiger partial charge in [-0.2, -0.15) is 0 Å². The standard InChI is InChI=1S/C47H56ClN5O10S/c1-25-7-5-6-8-31-23-47(31,45(56)51-64(59,60)35-11-12-35)50-42(54)39-22-34(24-52(39)44(55)41(26(2)15-25)53(46(57)58)32-17-28-16-29(28)18-32)63-43-36-13-10-33(61-3)19-30(36)21-38(49-43)27-9-14-40(62-4)37(48)20-27/h6,8-10,13-14,19-21,25-26,28-29,31-32,34-35,39,41H,5,7,11-12,15-18,22-24H2,1-4H3,(H,50,54)(H,51,56)(H,57,58)/b8-6-/t25-,26+,28-,29?,31+,32+,34+,39-,41-,47+/m0/s1. The number of fused-ring (bicyclic) bond motifs is 4. The molecule has 4 amide bonds. The Morgan fingerprint density at radius 2 is 1.75 bits per heavy atom. The fourth-order valence-electron chi connectivity index (χ4n) is 10.6. The van der Waals surface area contributed by atoms with Gasteiger partial charge in [0, 0.05) is 29.3 Å². The van der Waals surface area contributed by atoms with Crippen molar-refractivity contribution in [1.82, 2.24) is 24.8 Å². The number of sulfonamides is 1. The monoisotopic (exact) mass is 917 g/mol. The van der Waals surface area contributed by atoms with E-state index in [0.717, 1.165) is 18.2 Å². The molecule has 6 aliphatic rings. The summed E-state index contributed by atoms with van der Waals surface area (Å²) in [5.41, 5.74) is -0.359. The lowest BCUT2D eigenvalue weighted by Crippen LogP contribution is -2.61. The molecule has 0 radical (unpaired) electrons. The van der Waals surface area contributed by atoms with E-state index in [1.54, 1.807) is 25.3 Å². The van der Waals surface area contributed by atoms with Crippen molar-refractivity contribution in [1.29, 1.82) is 0 Å². The number of aromatic nitrogens is 1. The van der Waals surface area contributed by atoms with Gasteiger partial charge in [-0.1, -0.05) is 37.6 Å². The molecule has 3 aromatic rings. The lowest BCUT2D eigenvalue weighted by molar-refractivity contribution is -0.145. The maximum atomic E-state index is 15.5. The van der Waals surface area contributed by atoms with Gasteiger partial charge in [-0.15, -0.1) is 0 Å². The first kappa shape index (κ1) is 44.1. The van der Waals surface area contributed by atoms with Crippen LogP contribution in [0.4, 0.5) is 4.79 Å². The molecule has 2 aliphatic heterocycles. The van der Waals surface area contributed by atoms with Crippen LogP contribution in [0.1, 0.15) is 78.1 Å². The summed E-state index contributed by atoms with van der Waals surface area (Å²) < 4.78 is 46.1. The van der Waals surface area contributed by atoms with Crippen LogP contribution >= 0.6 is 11.6 Å². The van der Waals surface area contributed by atoms with Gasteiger partial charge in [0.05, 0.1) is 36.7 Å². The Hall–Kier alpha value is -5.09. The van der Waals surface area contributed by atoms with Crippen molar-refractivity contribution in [3.8, 4) is 28.6 Å². The summed E-state index contributed by atoms with van der Waals surface area (Å²) in [5, 5.41) is 15.0. The third-order valence-electron chi connectivity index (χ3n) is 14.4. The summed E-state index contributed by atoms with van der Waals surface area (Å²) in [6.07, 6.45) is 7.31. The molecule has 1 aromatic heterocycles. The fraction of sp³-hybridized carbons (Fsp3) is 0.553. The maximum absolute atomic E-state index is 15.5. The normalized spacial score (nSPS) is 31.9. The molecule has 342 valence electrons. The van der Waals surface area contributed by atoms with E-state index in [0.29, 0.717) is 83.5 Å². The van der Waals surface area contributed by atoms with Crippen LogP contribution < -0.4 is 24.2 Å². The number of rotatable bonds is 10. The molecule has 2 aromatic carbocycles. The molecule has 17 heteroatoms. The van der Waals surface area contributed by atoms with Crippen molar-refractivity contribution in [2.75, 3.05) is 20.8 Å². The van der Waals surface area contributed by atoms with Crippen molar-refractivity contribution < 1.29 is 46.9 Å². The Morgan fingerprint density at radius 1 is 0.984 bits per heavy atom. The van der Waals surface area contributed by atoms with E-state index in [2.05, 4.69) is 17.0 Å². The van der Waals surface area contributed by atoms with Crippen LogP contribution in [0, 0.1) is 29.6 Å². The number of nitrogens with one attached hydrogen (secondary N) is 2. The molecule has 10 atom stereocenters. The van der Waals surface area contributed by atoms with Gasteiger partial charge >= 0.3 is 6.09 Å². The Labute approximate surface area is 378 Å². The highest BCUT2D eigenvalue weighted by Gasteiger charge is 2.62. The van der Waals surface area contributed by atoms with Gasteiger partial charge in [-0.3, -0.25) is 24.0 Å². The summed E-state index contributed by atoms with van der Waals surface area (Å²) in [6, 6.07) is 10.0. The van der Waals surface area contributed by atoms with E-state index in [4.69, 9.17) is 30.8 Å². The SMILES string of the molecule is COc1ccc2c(O[C@@H]3C[C@H]4C(=O)N[C@]5(C(=O)NS(=O)(=O)C6CC6)C[C@H]5/C=C\CC[C@H](C)C[C@@H](C)[C@H](N(C(=O)O)[C@H]5CC6C[C@H]6C5)C(=O)N4C3)nc(-c3ccc(OC)c(Cl)c3)cc2c1. The zero-order chi connectivity index (χ0) is 45.2. The lowest BCUT2D eigenvalue weighted by Gasteiger charge is -2.40. The number of benzene rings is 2. The Balaban J connectivity index is 1.10. The molecule has 3 N–H and O–H groups in total. The average Bonchev–Trinajstić information content (AvgIpc) is 4.22. The van der Waals surface area contributed by atoms with Gasteiger partial charge in [-0.25, -0.2) is 18.2 Å². The predicted molar refractivity (Wildman–Crippen MR) is 238 cm³/mol. The molecule has 0 spiro atoms. The number of methoxy groups -OCH3 is 2. The third-order valence-corrected chi connectivity index (χ3v) is 16.5. The quantitative estimate of drug-likeness (QED) is 0.187. The van der Waals surface area contributed by atoms with Crippen LogP contribution in [-0.4, -0.2) is 108 Å². The van der Waals surface area contributed by atoms with Crippen LogP contribution in [-0.2, 0) is 24.4 Å². The van der Waals surface area contributed by atoms with Gasteiger partial charge in [0.15, 0.2) is 0 Å². The van der Waals surface area contributed by atoms with Crippen LogP contribution in [0.25, 0.3) is 22.0 Å². The molecule has 64 heavy (non-hydrogen) atoms. The number of allylic oxidation sites excluding steroid dienone is 1. The van der Waals surface area contributed by atoms with E-state index in [1.165, 1.54) is 16.9 Å². The number of carbonyl (C=O) groups is 4. The first-order valence-corrected chi connectivity index (χ1v) is 24.4. The first-order valence-electron chi connectivity index (χ1n) is 22.4. The average molecular weight is 919 g/mol. The Morgan fingerprint density at radius 3 is 2.44 bits per heavy atom. The number of amides is 4. The predicted octanol–water partition coefficient (Wildman–Crippen LogP) is 6.56. The molecule has 9 rings (SSSR count). The number of ether oxygens (including phenoxy) is 3. The summed E-state index contributed by atoms with van der Waals surface area (Å²) in [6.45, 7) is 3.93. The van der Waals surface area contributed by atoms with Gasteiger partial charge in [0.2, 0.25) is 27.7 Å². The molecule has 1 unspecified atom stereocenters. The van der Waals surface area contributed by atoms with Crippen molar-refractivity contribution in [2.24, 2.45) is 29.6 Å². The minimum absolute atomic E-state index is 0.0216. The van der Waals surface area contributed by atoms with E-state index in [1.807, 2.05) is 43.3 Å². The second kappa shape index (κ2) is 17.0. The Kier molecular flexibility index (Phi) is 11.7. The number of hydrogen-bond donors (Lipinski definition) is 3. The van der Waals surface area contributed by atoms with Gasteiger partial charge in [0.1, 0.15) is 35.2 Å². The van der Waals surface area contributed by atoms with E-state index >= 15 is 4.79 Å². The van der Waals surface area contributed by atoms with Gasteiger partial charge in [-0.05, 0) is 129 Å². The number of pyridine rings is 1. The lowest BCUT2D eigenvalue weighted by atomic mass is 9.86. The van der Waals surface area contributed by atoms with Gasteiger partial charge < -0.3 is 29.5 Å². The minimum atomic E-state index is -3.95. The smallest absolute Gasteiger partial charge is 0.408 e. The molecular weight excluding hydrogens is 862 g/mol. The van der Waals surface area contributed by atoms with E-state index in [-0.39, 0.29) is 37.2 Å². The zero-order valence-corrected chi connectivity index (χ0v) is 38.1. The van der Waals surface area contributed by atoms with Crippen LogP contribution in [0.15, 0.2) is 54.6 Å². The van der Waals surface area contributed by atoms with Crippen molar-refractivity contribution >= 4 is 56.2 Å². The van der Waals surface area contributed by atoms with E-state index in [9.17, 15) is 27.9 Å². The maximum Gasteiger partial charge on any atom is 0.408 e. The number of hydrogen-bond acceptors (Lipinski definition) is 10. The van der Waals surface area contributed by atoms with Crippen molar-refractivity contribution in [3.63, 3.8) is 0 Å². The second-order valence-corrected chi connectivity index (χ2v) is 21.4. The summed E-state index contributed by atoms with van der Waals surface area (Å²) in [4.78, 5) is 65.5. The minimum Gasteiger partial charge on any atom is -0.497 e. The van der Waals surface area contributed by atoms with Crippen LogP contribution in [0.3, 0.4) is 0 Å². The largest absolute Gasteiger partial charge is 0.497 e. The second-order valence-electron chi connectivity index (χ2n) is 19.0. The highest BCUT2D eigenvalue weighted by atomic mass is 35.5. The molecule has 3 heterocycles. The van der Waals surface area contributed by atoms with E-state index < -0.39 is 74.7 Å². The highest BCUT2D eigenvalue weighted by Crippen LogP contribution is 2.54. The Bertz CT molecular complexity index is 2510. The number of nitrogens with zero attached hydrogens (tertiary/aromatic N) is 3. The molecule has 5 fully saturated rings. The van der Waals surface area contributed by atoms with Crippen LogP contribution in [0.2, 0.25) is 5.02 Å². The number of carbonyl (C=O) groups excluding carboxylic acids is 3.